The van der Waals surface area contributed by atoms with Gasteiger partial charge in [-0.1, -0.05) is 12.1 Å². The van der Waals surface area contributed by atoms with Gasteiger partial charge < -0.3 is 23.9 Å². The molecule has 0 spiro atoms. The average molecular weight is 374 g/mol. The molecule has 0 bridgehead atoms. The Balaban J connectivity index is 1.42. The first-order valence-electron chi connectivity index (χ1n) is 8.94. The van der Waals surface area contributed by atoms with Crippen LogP contribution in [0.2, 0.25) is 0 Å². The molecule has 4 aromatic rings. The van der Waals surface area contributed by atoms with E-state index in [0.717, 1.165) is 39.5 Å². The Morgan fingerprint density at radius 1 is 1.00 bits per heavy atom. The molecule has 0 saturated heterocycles. The number of benzene rings is 3. The predicted octanol–water partition coefficient (Wildman–Crippen LogP) is 4.55. The van der Waals surface area contributed by atoms with Crippen LogP contribution in [0.3, 0.4) is 0 Å². The van der Waals surface area contributed by atoms with Gasteiger partial charge in [0.05, 0.1) is 18.1 Å². The highest BCUT2D eigenvalue weighted by atomic mass is 16.7. The third-order valence-corrected chi connectivity index (χ3v) is 4.68. The van der Waals surface area contributed by atoms with Crippen LogP contribution in [0.1, 0.15) is 5.56 Å². The van der Waals surface area contributed by atoms with Crippen molar-refractivity contribution in [3.8, 4) is 34.4 Å². The molecule has 1 aliphatic heterocycles. The Morgan fingerprint density at radius 2 is 1.89 bits per heavy atom. The monoisotopic (exact) mass is 374 g/mol. The highest BCUT2D eigenvalue weighted by Crippen LogP contribution is 2.36. The number of nitrogens with zero attached hydrogens (tertiary/aromatic N) is 1. The molecular formula is C22H18N2O4. The maximum atomic E-state index is 5.96. The maximum Gasteiger partial charge on any atom is 0.231 e. The molecule has 0 unspecified atom stereocenters. The van der Waals surface area contributed by atoms with Crippen LogP contribution in [-0.2, 0) is 6.61 Å². The van der Waals surface area contributed by atoms with Gasteiger partial charge in [-0.3, -0.25) is 0 Å². The Labute approximate surface area is 161 Å². The summed E-state index contributed by atoms with van der Waals surface area (Å²) < 4.78 is 22.2. The minimum Gasteiger partial charge on any atom is -0.496 e. The minimum absolute atomic E-state index is 0.242. The van der Waals surface area contributed by atoms with Gasteiger partial charge in [-0.15, -0.1) is 0 Å². The lowest BCUT2D eigenvalue weighted by atomic mass is 10.1. The molecule has 28 heavy (non-hydrogen) atoms. The van der Waals surface area contributed by atoms with Gasteiger partial charge in [0.2, 0.25) is 6.79 Å². The second kappa shape index (κ2) is 6.81. The van der Waals surface area contributed by atoms with E-state index in [0.29, 0.717) is 18.1 Å². The van der Waals surface area contributed by atoms with Crippen molar-refractivity contribution in [2.75, 3.05) is 13.9 Å². The highest BCUT2D eigenvalue weighted by molar-refractivity contribution is 5.79. The summed E-state index contributed by atoms with van der Waals surface area (Å²) in [6.07, 6.45) is 0. The molecule has 0 saturated carbocycles. The van der Waals surface area contributed by atoms with Gasteiger partial charge in [0, 0.05) is 17.2 Å². The van der Waals surface area contributed by atoms with Crippen molar-refractivity contribution in [1.82, 2.24) is 9.97 Å². The van der Waals surface area contributed by atoms with Crippen LogP contribution in [-0.4, -0.2) is 23.9 Å². The number of methoxy groups -OCH3 is 1. The summed E-state index contributed by atoms with van der Waals surface area (Å²) in [5.41, 5.74) is 3.84. The van der Waals surface area contributed by atoms with Crippen molar-refractivity contribution >= 4 is 11.0 Å². The Bertz CT molecular complexity index is 1120. The van der Waals surface area contributed by atoms with Gasteiger partial charge in [0.1, 0.15) is 23.9 Å². The van der Waals surface area contributed by atoms with Gasteiger partial charge in [-0.25, -0.2) is 4.98 Å². The van der Waals surface area contributed by atoms with Crippen molar-refractivity contribution in [2.24, 2.45) is 0 Å². The first-order chi connectivity index (χ1) is 13.8. The van der Waals surface area contributed by atoms with Gasteiger partial charge in [-0.2, -0.15) is 0 Å². The van der Waals surface area contributed by atoms with E-state index in [1.54, 1.807) is 7.11 Å². The first kappa shape index (κ1) is 16.5. The fourth-order valence-corrected chi connectivity index (χ4v) is 3.26. The number of hydrogen-bond donors (Lipinski definition) is 1. The van der Waals surface area contributed by atoms with Crippen LogP contribution >= 0.6 is 0 Å². The molecule has 0 radical (unpaired) electrons. The fraction of sp³-hybridized carbons (Fsp3) is 0.136. The van der Waals surface area contributed by atoms with E-state index in [1.165, 1.54) is 0 Å². The van der Waals surface area contributed by atoms with Crippen molar-refractivity contribution in [3.63, 3.8) is 0 Å². The predicted molar refractivity (Wildman–Crippen MR) is 105 cm³/mol. The van der Waals surface area contributed by atoms with Crippen molar-refractivity contribution < 1.29 is 18.9 Å². The Morgan fingerprint density at radius 3 is 2.79 bits per heavy atom. The van der Waals surface area contributed by atoms with Crippen LogP contribution in [0.15, 0.2) is 60.7 Å². The van der Waals surface area contributed by atoms with Crippen LogP contribution in [0.25, 0.3) is 22.4 Å². The van der Waals surface area contributed by atoms with Crippen molar-refractivity contribution in [1.29, 1.82) is 0 Å². The molecular weight excluding hydrogens is 356 g/mol. The highest BCUT2D eigenvalue weighted by Gasteiger charge is 2.15. The van der Waals surface area contributed by atoms with E-state index in [2.05, 4.69) is 9.97 Å². The standard InChI is InChI=1S/C22H18N2O4/c1-25-19-8-6-14(22-23-17-4-2-3-5-18(17)24-22)10-15(19)12-26-16-7-9-20-21(11-16)28-13-27-20/h2-11H,12-13H2,1H3,(H,23,24). The lowest BCUT2D eigenvalue weighted by molar-refractivity contribution is 0.173. The zero-order valence-corrected chi connectivity index (χ0v) is 15.3. The summed E-state index contributed by atoms with van der Waals surface area (Å²) in [6.45, 7) is 0.600. The summed E-state index contributed by atoms with van der Waals surface area (Å²) in [4.78, 5) is 8.03. The molecule has 140 valence electrons. The number of aromatic amines is 1. The van der Waals surface area contributed by atoms with Gasteiger partial charge in [0.25, 0.3) is 0 Å². The normalized spacial score (nSPS) is 12.3. The van der Waals surface area contributed by atoms with Gasteiger partial charge in [-0.05, 0) is 42.5 Å². The van der Waals surface area contributed by atoms with E-state index in [-0.39, 0.29) is 6.79 Å². The number of para-hydroxylation sites is 2. The summed E-state index contributed by atoms with van der Waals surface area (Å²) in [7, 11) is 1.65. The zero-order valence-electron chi connectivity index (χ0n) is 15.3. The average Bonchev–Trinajstić information content (AvgIpc) is 3.38. The second-order valence-electron chi connectivity index (χ2n) is 6.43. The van der Waals surface area contributed by atoms with Crippen LogP contribution in [0.5, 0.6) is 23.0 Å². The van der Waals surface area contributed by atoms with Crippen LogP contribution in [0, 0.1) is 0 Å². The first-order valence-corrected chi connectivity index (χ1v) is 8.94. The van der Waals surface area contributed by atoms with E-state index < -0.39 is 0 Å². The SMILES string of the molecule is COc1ccc(-c2nc3ccccc3[nH]2)cc1COc1ccc2c(c1)OCO2. The topological polar surface area (TPSA) is 65.6 Å². The summed E-state index contributed by atoms with van der Waals surface area (Å²) in [5, 5.41) is 0. The van der Waals surface area contributed by atoms with E-state index >= 15 is 0 Å². The number of ether oxygens (including phenoxy) is 4. The number of aromatic nitrogens is 2. The molecule has 6 nitrogen and oxygen atoms in total. The van der Waals surface area contributed by atoms with E-state index in [1.807, 2.05) is 60.7 Å². The minimum atomic E-state index is 0.242. The van der Waals surface area contributed by atoms with Crippen molar-refractivity contribution in [2.45, 2.75) is 6.61 Å². The number of imidazole rings is 1. The zero-order chi connectivity index (χ0) is 18.9. The largest absolute Gasteiger partial charge is 0.496 e. The molecule has 1 aliphatic rings. The fourth-order valence-electron chi connectivity index (χ4n) is 3.26. The Hall–Kier alpha value is -3.67. The molecule has 0 fully saturated rings. The molecule has 1 aromatic heterocycles. The third kappa shape index (κ3) is 2.99. The van der Waals surface area contributed by atoms with E-state index in [9.17, 15) is 0 Å². The van der Waals surface area contributed by atoms with Gasteiger partial charge >= 0.3 is 0 Å². The lowest BCUT2D eigenvalue weighted by Gasteiger charge is -2.12. The van der Waals surface area contributed by atoms with Crippen molar-refractivity contribution in [3.05, 3.63) is 66.2 Å². The van der Waals surface area contributed by atoms with Crippen LogP contribution in [0.4, 0.5) is 0 Å². The molecule has 3 aromatic carbocycles. The summed E-state index contributed by atoms with van der Waals surface area (Å²) >= 11 is 0. The molecule has 5 rings (SSSR count). The molecule has 6 heteroatoms. The smallest absolute Gasteiger partial charge is 0.231 e. The molecule has 0 amide bonds. The number of rotatable bonds is 5. The number of nitrogens with one attached hydrogen (secondary N) is 1. The molecule has 0 aliphatic carbocycles. The number of hydrogen-bond acceptors (Lipinski definition) is 5. The summed E-state index contributed by atoms with van der Waals surface area (Å²) in [5.74, 6) is 3.71. The quantitative estimate of drug-likeness (QED) is 0.555. The lowest BCUT2D eigenvalue weighted by Crippen LogP contribution is -1.99. The molecule has 0 atom stereocenters. The molecule has 1 N–H and O–H groups in total. The summed E-state index contributed by atoms with van der Waals surface area (Å²) in [6, 6.07) is 19.5. The van der Waals surface area contributed by atoms with Gasteiger partial charge in [0.15, 0.2) is 11.5 Å². The Kier molecular flexibility index (Phi) is 4.01. The maximum absolute atomic E-state index is 5.96. The molecule has 2 heterocycles. The number of fused-ring (bicyclic) bond motifs is 2. The van der Waals surface area contributed by atoms with Crippen LogP contribution < -0.4 is 18.9 Å². The van der Waals surface area contributed by atoms with E-state index in [4.69, 9.17) is 18.9 Å². The second-order valence-corrected chi connectivity index (χ2v) is 6.43. The number of H-pyrrole nitrogens is 1. The third-order valence-electron chi connectivity index (χ3n) is 4.68.